The molecule has 9 heavy (non-hydrogen) atoms. The third-order valence-corrected chi connectivity index (χ3v) is 1.19. The molecule has 5 heteroatoms. The number of carbonyl (C=O) groups excluding carboxylic acids is 1. The molecule has 4 nitrogen and oxygen atoms in total. The van der Waals surface area contributed by atoms with Crippen molar-refractivity contribution in [2.45, 2.75) is 19.1 Å². The van der Waals surface area contributed by atoms with Crippen molar-refractivity contribution >= 4 is 22.2 Å². The summed E-state index contributed by atoms with van der Waals surface area (Å²) < 4.78 is 4.06. The number of aliphatic hydroxyl groups excluding tert-OH is 1. The molecule has 3 N–H and O–H groups in total. The van der Waals surface area contributed by atoms with Gasteiger partial charge in [-0.15, -0.1) is 0 Å². The van der Waals surface area contributed by atoms with Crippen LogP contribution in [0.15, 0.2) is 0 Å². The molecule has 0 aromatic rings. The zero-order chi connectivity index (χ0) is 7.44. The first-order valence-corrected chi connectivity index (χ1v) is 3.00. The lowest BCUT2D eigenvalue weighted by atomic mass is 10.2. The lowest BCUT2D eigenvalue weighted by Crippen LogP contribution is -2.40. The first kappa shape index (κ1) is 8.87. The van der Waals surface area contributed by atoms with Crippen LogP contribution in [-0.4, -0.2) is 23.2 Å². The third kappa shape index (κ3) is 2.78. The van der Waals surface area contributed by atoms with E-state index in [1.165, 1.54) is 6.92 Å². The second-order valence-electron chi connectivity index (χ2n) is 1.66. The van der Waals surface area contributed by atoms with E-state index in [0.717, 1.165) is 0 Å². The van der Waals surface area contributed by atoms with Crippen LogP contribution in [0.25, 0.3) is 0 Å². The summed E-state index contributed by atoms with van der Waals surface area (Å²) >= 11 is 2.44. The Balaban J connectivity index is 3.72. The first-order chi connectivity index (χ1) is 4.09. The molecular weight excluding hydrogens is 190 g/mol. The molecule has 0 aliphatic rings. The molecule has 0 fully saturated rings. The molecule has 0 aliphatic carbocycles. The quantitative estimate of drug-likeness (QED) is 0.630. The fourth-order valence-corrected chi connectivity index (χ4v) is 0.464. The van der Waals surface area contributed by atoms with Gasteiger partial charge < -0.3 is 14.7 Å². The molecular formula is C4H8BrNO3. The molecule has 0 unspecified atom stereocenters. The molecule has 0 aromatic heterocycles. The molecule has 0 aliphatic heterocycles. The van der Waals surface area contributed by atoms with Crippen LogP contribution in [0.1, 0.15) is 6.92 Å². The Bertz CT molecular complexity index is 106. The predicted octanol–water partition coefficient (Wildman–Crippen LogP) is -0.452. The number of halogens is 1. The van der Waals surface area contributed by atoms with Crippen molar-refractivity contribution < 1.29 is 13.7 Å². The van der Waals surface area contributed by atoms with Gasteiger partial charge in [-0.05, 0) is 6.92 Å². The monoisotopic (exact) mass is 197 g/mol. The van der Waals surface area contributed by atoms with E-state index < -0.39 is 18.1 Å². The summed E-state index contributed by atoms with van der Waals surface area (Å²) in [6, 6.07) is -0.968. The number of hydrogen-bond acceptors (Lipinski definition) is 4. The van der Waals surface area contributed by atoms with Gasteiger partial charge in [-0.25, -0.2) is 4.79 Å². The largest absolute Gasteiger partial charge is 0.391 e. The summed E-state index contributed by atoms with van der Waals surface area (Å²) in [4.78, 5) is 10.4. The second-order valence-corrected chi connectivity index (χ2v) is 1.99. The molecule has 0 amide bonds. The zero-order valence-electron chi connectivity index (χ0n) is 4.87. The van der Waals surface area contributed by atoms with Gasteiger partial charge in [0.05, 0.1) is 6.10 Å². The minimum absolute atomic E-state index is 0.676. The fourth-order valence-electron chi connectivity index (χ4n) is 0.248. The summed E-state index contributed by atoms with van der Waals surface area (Å²) in [6.45, 7) is 1.41. The SMILES string of the molecule is C[C@@H](O)[C@H](N)C(=O)OBr. The average Bonchev–Trinajstić information content (AvgIpc) is 1.84. The maximum absolute atomic E-state index is 10.4. The van der Waals surface area contributed by atoms with Gasteiger partial charge in [0.15, 0.2) is 16.3 Å². The highest BCUT2D eigenvalue weighted by Gasteiger charge is 2.19. The van der Waals surface area contributed by atoms with Crippen molar-refractivity contribution in [1.82, 2.24) is 0 Å². The molecule has 54 valence electrons. The minimum Gasteiger partial charge on any atom is -0.391 e. The van der Waals surface area contributed by atoms with Crippen LogP contribution in [0, 0.1) is 0 Å². The van der Waals surface area contributed by atoms with Gasteiger partial charge in [-0.3, -0.25) is 0 Å². The van der Waals surface area contributed by atoms with Crippen LogP contribution in [0.2, 0.25) is 0 Å². The standard InChI is InChI=1S/C4H8BrNO3/c1-2(7)3(6)4(8)9-5/h2-3,7H,6H2,1H3/t2-,3+/m1/s1. The van der Waals surface area contributed by atoms with Crippen LogP contribution in [0.5, 0.6) is 0 Å². The zero-order valence-corrected chi connectivity index (χ0v) is 6.46. The van der Waals surface area contributed by atoms with Crippen molar-refractivity contribution in [3.8, 4) is 0 Å². The van der Waals surface area contributed by atoms with E-state index in [1.54, 1.807) is 0 Å². The number of rotatable bonds is 2. The Kier molecular flexibility index (Phi) is 3.76. The number of carbonyl (C=O) groups is 1. The van der Waals surface area contributed by atoms with E-state index in [9.17, 15) is 4.79 Å². The molecule has 0 saturated heterocycles. The maximum Gasteiger partial charge on any atom is 0.337 e. The van der Waals surface area contributed by atoms with Crippen molar-refractivity contribution in [3.63, 3.8) is 0 Å². The van der Waals surface area contributed by atoms with Crippen molar-refractivity contribution in [1.29, 1.82) is 0 Å². The lowest BCUT2D eigenvalue weighted by Gasteiger charge is -2.09. The number of aliphatic hydroxyl groups is 1. The van der Waals surface area contributed by atoms with E-state index in [1.807, 2.05) is 0 Å². The highest BCUT2D eigenvalue weighted by atomic mass is 79.9. The van der Waals surface area contributed by atoms with E-state index in [4.69, 9.17) is 10.8 Å². The highest BCUT2D eigenvalue weighted by Crippen LogP contribution is 1.95. The molecule has 2 atom stereocenters. The second kappa shape index (κ2) is 3.81. The molecule has 0 saturated carbocycles. The highest BCUT2D eigenvalue weighted by molar-refractivity contribution is 9.06. The van der Waals surface area contributed by atoms with E-state index in [0.29, 0.717) is 0 Å². The van der Waals surface area contributed by atoms with Gasteiger partial charge in [0.25, 0.3) is 0 Å². The van der Waals surface area contributed by atoms with Crippen molar-refractivity contribution in [2.24, 2.45) is 5.73 Å². The Hall–Kier alpha value is -0.130. The normalized spacial score (nSPS) is 16.4. The number of hydrogen-bond donors (Lipinski definition) is 2. The van der Waals surface area contributed by atoms with E-state index >= 15 is 0 Å². The van der Waals surface area contributed by atoms with Crippen molar-refractivity contribution in [2.75, 3.05) is 0 Å². The number of nitrogens with two attached hydrogens (primary N) is 1. The van der Waals surface area contributed by atoms with Crippen LogP contribution in [0.4, 0.5) is 0 Å². The molecule has 0 rings (SSSR count). The molecule has 0 aromatic carbocycles. The van der Waals surface area contributed by atoms with Gasteiger partial charge >= 0.3 is 5.97 Å². The molecule has 0 radical (unpaired) electrons. The average molecular weight is 198 g/mol. The maximum atomic E-state index is 10.4. The van der Waals surface area contributed by atoms with Gasteiger partial charge in [0.2, 0.25) is 0 Å². The summed E-state index contributed by atoms with van der Waals surface area (Å²) in [6.07, 6.45) is -0.880. The summed E-state index contributed by atoms with van der Waals surface area (Å²) in [5.74, 6) is -0.676. The predicted molar refractivity (Wildman–Crippen MR) is 34.7 cm³/mol. The van der Waals surface area contributed by atoms with Gasteiger partial charge in [-0.1, -0.05) is 0 Å². The molecule has 0 spiro atoms. The Labute approximate surface area is 61.4 Å². The van der Waals surface area contributed by atoms with Crippen LogP contribution in [0.3, 0.4) is 0 Å². The Morgan fingerprint density at radius 3 is 2.44 bits per heavy atom. The Morgan fingerprint density at radius 1 is 1.89 bits per heavy atom. The van der Waals surface area contributed by atoms with Crippen LogP contribution < -0.4 is 5.73 Å². The Morgan fingerprint density at radius 2 is 2.33 bits per heavy atom. The van der Waals surface area contributed by atoms with Crippen LogP contribution >= 0.6 is 16.3 Å². The van der Waals surface area contributed by atoms with Gasteiger partial charge in [0, 0.05) is 0 Å². The first-order valence-electron chi connectivity index (χ1n) is 2.35. The lowest BCUT2D eigenvalue weighted by molar-refractivity contribution is -0.136. The fraction of sp³-hybridized carbons (Fsp3) is 0.750. The molecule has 0 bridgehead atoms. The van der Waals surface area contributed by atoms with E-state index in [2.05, 4.69) is 20.1 Å². The van der Waals surface area contributed by atoms with Gasteiger partial charge in [-0.2, -0.15) is 0 Å². The molecule has 0 heterocycles. The van der Waals surface area contributed by atoms with Crippen molar-refractivity contribution in [3.05, 3.63) is 0 Å². The third-order valence-electron chi connectivity index (χ3n) is 0.868. The van der Waals surface area contributed by atoms with Crippen LogP contribution in [-0.2, 0) is 8.62 Å². The van der Waals surface area contributed by atoms with Gasteiger partial charge in [0.1, 0.15) is 6.04 Å². The summed E-state index contributed by atoms with van der Waals surface area (Å²) in [7, 11) is 0. The minimum atomic E-state index is -0.968. The summed E-state index contributed by atoms with van der Waals surface area (Å²) in [5.41, 5.74) is 5.12. The summed E-state index contributed by atoms with van der Waals surface area (Å²) in [5, 5.41) is 8.68. The topological polar surface area (TPSA) is 72.5 Å². The smallest absolute Gasteiger partial charge is 0.337 e. The van der Waals surface area contributed by atoms with E-state index in [-0.39, 0.29) is 0 Å².